The first-order chi connectivity index (χ1) is 16.9. The number of carbonyl (C=O) groups is 4. The molecule has 0 radical (unpaired) electrons. The number of ether oxygens (including phenoxy) is 2. The fourth-order valence-electron chi connectivity index (χ4n) is 3.39. The first kappa shape index (κ1) is 23.3. The summed E-state index contributed by atoms with van der Waals surface area (Å²) in [7, 11) is 1.22. The highest BCUT2D eigenvalue weighted by Crippen LogP contribution is 2.25. The van der Waals surface area contributed by atoms with Crippen molar-refractivity contribution in [3.05, 3.63) is 94.6 Å². The van der Waals surface area contributed by atoms with Gasteiger partial charge in [0.05, 0.1) is 19.2 Å². The number of carboxylic acid groups (broad SMARTS) is 1. The number of nitrogens with one attached hydrogen (secondary N) is 1. The van der Waals surface area contributed by atoms with Gasteiger partial charge in [0.15, 0.2) is 0 Å². The summed E-state index contributed by atoms with van der Waals surface area (Å²) in [4.78, 5) is 48.9. The van der Waals surface area contributed by atoms with E-state index in [0.29, 0.717) is 16.9 Å². The zero-order valence-electron chi connectivity index (χ0n) is 18.5. The molecule has 0 unspecified atom stereocenters. The van der Waals surface area contributed by atoms with Crippen LogP contribution in [0, 0.1) is 0 Å². The minimum absolute atomic E-state index is 0.0368. The van der Waals surface area contributed by atoms with E-state index in [4.69, 9.17) is 14.3 Å². The number of urea groups is 1. The predicted octanol–water partition coefficient (Wildman–Crippen LogP) is 3.44. The molecule has 0 atom stereocenters. The number of imide groups is 1. The van der Waals surface area contributed by atoms with Crippen LogP contribution in [0.1, 0.15) is 37.8 Å². The Bertz CT molecular complexity index is 1340. The van der Waals surface area contributed by atoms with Gasteiger partial charge >= 0.3 is 18.0 Å². The number of esters is 1. The van der Waals surface area contributed by atoms with Crippen LogP contribution in [0.5, 0.6) is 5.75 Å². The summed E-state index contributed by atoms with van der Waals surface area (Å²) in [6.07, 6.45) is 1.49. The van der Waals surface area contributed by atoms with Crippen LogP contribution < -0.4 is 10.1 Å². The fraction of sp³-hybridized carbons (Fsp3) is 0.120. The van der Waals surface area contributed by atoms with Gasteiger partial charge in [-0.1, -0.05) is 30.3 Å². The molecule has 4 rings (SSSR count). The van der Waals surface area contributed by atoms with Gasteiger partial charge in [-0.05, 0) is 42.0 Å². The first-order valence-electron chi connectivity index (χ1n) is 10.4. The van der Waals surface area contributed by atoms with Gasteiger partial charge in [-0.2, -0.15) is 0 Å². The number of hydrogen-bond donors (Lipinski definition) is 2. The fourth-order valence-corrected chi connectivity index (χ4v) is 3.39. The van der Waals surface area contributed by atoms with Gasteiger partial charge in [0.2, 0.25) is 5.76 Å². The van der Waals surface area contributed by atoms with Crippen LogP contribution in [-0.4, -0.2) is 41.0 Å². The summed E-state index contributed by atoms with van der Waals surface area (Å²) in [5.41, 5.74) is 1.39. The number of carbonyl (C=O) groups excluding carboxylic acids is 3. The average Bonchev–Trinajstić information content (AvgIpc) is 3.43. The number of rotatable bonds is 8. The van der Waals surface area contributed by atoms with Crippen molar-refractivity contribution in [1.82, 2.24) is 10.2 Å². The molecule has 35 heavy (non-hydrogen) atoms. The first-order valence-corrected chi connectivity index (χ1v) is 10.4. The number of amides is 3. The number of benzene rings is 2. The molecule has 1 aliphatic rings. The monoisotopic (exact) mass is 476 g/mol. The Hall–Kier alpha value is -4.86. The summed E-state index contributed by atoms with van der Waals surface area (Å²) in [5, 5.41) is 11.7. The van der Waals surface area contributed by atoms with E-state index in [2.05, 4.69) is 10.1 Å². The summed E-state index contributed by atoms with van der Waals surface area (Å²) in [6, 6.07) is 15.5. The molecule has 3 aromatic rings. The Balaban J connectivity index is 1.49. The van der Waals surface area contributed by atoms with Gasteiger partial charge in [0.25, 0.3) is 5.91 Å². The Labute approximate surface area is 199 Å². The number of nitrogens with zero attached hydrogens (tertiary/aromatic N) is 1. The smallest absolute Gasteiger partial charge is 0.373 e. The molecule has 0 saturated carbocycles. The molecule has 10 nitrogen and oxygen atoms in total. The second kappa shape index (κ2) is 9.96. The van der Waals surface area contributed by atoms with Crippen LogP contribution in [0.3, 0.4) is 0 Å². The molecule has 3 amide bonds. The van der Waals surface area contributed by atoms with Crippen molar-refractivity contribution >= 4 is 30.0 Å². The standard InChI is InChI=1S/C25H20N2O8/c1-33-24(31)21-10-9-18(35-21)13-27-22(28)19(26-25(27)32)12-16-6-2-3-8-20(16)34-14-15-5-4-7-17(11-15)23(29)30/h2-12H,13-14H2,1H3,(H,26,32)(H,29,30)/b19-12-. The lowest BCUT2D eigenvalue weighted by atomic mass is 10.1. The highest BCUT2D eigenvalue weighted by molar-refractivity contribution is 6.14. The van der Waals surface area contributed by atoms with Gasteiger partial charge in [0.1, 0.15) is 23.8 Å². The van der Waals surface area contributed by atoms with Gasteiger partial charge in [-0.3, -0.25) is 9.69 Å². The van der Waals surface area contributed by atoms with E-state index in [9.17, 15) is 19.2 Å². The van der Waals surface area contributed by atoms with E-state index in [1.54, 1.807) is 36.4 Å². The van der Waals surface area contributed by atoms with Crippen molar-refractivity contribution < 1.29 is 38.2 Å². The molecule has 10 heteroatoms. The summed E-state index contributed by atoms with van der Waals surface area (Å²) in [6.45, 7) is -0.0637. The number of carboxylic acids is 1. The van der Waals surface area contributed by atoms with Gasteiger partial charge in [-0.15, -0.1) is 0 Å². The Morgan fingerprint density at radius 3 is 2.66 bits per heavy atom. The molecule has 1 fully saturated rings. The Kier molecular flexibility index (Phi) is 6.63. The van der Waals surface area contributed by atoms with Crippen LogP contribution in [0.4, 0.5) is 4.79 Å². The number of aromatic carboxylic acids is 1. The molecule has 2 heterocycles. The van der Waals surface area contributed by atoms with Crippen molar-refractivity contribution in [2.45, 2.75) is 13.2 Å². The molecule has 2 N–H and O–H groups in total. The number of para-hydroxylation sites is 1. The van der Waals surface area contributed by atoms with Crippen molar-refractivity contribution in [3.63, 3.8) is 0 Å². The second-order valence-corrected chi connectivity index (χ2v) is 7.47. The minimum atomic E-state index is -1.03. The predicted molar refractivity (Wildman–Crippen MR) is 121 cm³/mol. The van der Waals surface area contributed by atoms with E-state index in [1.807, 2.05) is 0 Å². The van der Waals surface area contributed by atoms with E-state index in [0.717, 1.165) is 4.90 Å². The molecule has 0 bridgehead atoms. The molecular weight excluding hydrogens is 456 g/mol. The molecule has 2 aromatic carbocycles. The third-order valence-corrected chi connectivity index (χ3v) is 5.11. The van der Waals surface area contributed by atoms with Crippen molar-refractivity contribution in [3.8, 4) is 5.75 Å². The SMILES string of the molecule is COC(=O)c1ccc(CN2C(=O)N/C(=C\c3ccccc3OCc3cccc(C(=O)O)c3)C2=O)o1. The largest absolute Gasteiger partial charge is 0.488 e. The van der Waals surface area contributed by atoms with Gasteiger partial charge in [-0.25, -0.2) is 14.4 Å². The zero-order chi connectivity index (χ0) is 24.9. The van der Waals surface area contributed by atoms with Crippen LogP contribution in [0.2, 0.25) is 0 Å². The third-order valence-electron chi connectivity index (χ3n) is 5.11. The molecule has 0 aliphatic carbocycles. The van der Waals surface area contributed by atoms with Crippen molar-refractivity contribution in [1.29, 1.82) is 0 Å². The summed E-state index contributed by atoms with van der Waals surface area (Å²) >= 11 is 0. The third kappa shape index (κ3) is 5.22. The van der Waals surface area contributed by atoms with Crippen LogP contribution in [0.25, 0.3) is 6.08 Å². The topological polar surface area (TPSA) is 135 Å². The van der Waals surface area contributed by atoms with Crippen molar-refractivity contribution in [2.75, 3.05) is 7.11 Å². The minimum Gasteiger partial charge on any atom is -0.488 e. The maximum absolute atomic E-state index is 12.9. The lowest BCUT2D eigenvalue weighted by Gasteiger charge is -2.10. The molecule has 178 valence electrons. The molecule has 1 aliphatic heterocycles. The lowest BCUT2D eigenvalue weighted by molar-refractivity contribution is -0.123. The Morgan fingerprint density at radius 2 is 1.89 bits per heavy atom. The van der Waals surface area contributed by atoms with Crippen molar-refractivity contribution in [2.24, 2.45) is 0 Å². The number of hydrogen-bond acceptors (Lipinski definition) is 7. The highest BCUT2D eigenvalue weighted by Gasteiger charge is 2.34. The quantitative estimate of drug-likeness (QED) is 0.287. The lowest BCUT2D eigenvalue weighted by Crippen LogP contribution is -2.30. The molecule has 1 saturated heterocycles. The van der Waals surface area contributed by atoms with E-state index >= 15 is 0 Å². The van der Waals surface area contributed by atoms with Crippen LogP contribution in [-0.2, 0) is 22.7 Å². The maximum atomic E-state index is 12.9. The highest BCUT2D eigenvalue weighted by atomic mass is 16.5. The normalized spacial score (nSPS) is 14.2. The van der Waals surface area contributed by atoms with Gasteiger partial charge < -0.3 is 24.3 Å². The molecule has 0 spiro atoms. The Morgan fingerprint density at radius 1 is 1.09 bits per heavy atom. The summed E-state index contributed by atoms with van der Waals surface area (Å²) < 4.78 is 15.8. The van der Waals surface area contributed by atoms with E-state index in [-0.39, 0.29) is 35.9 Å². The van der Waals surface area contributed by atoms with E-state index < -0.39 is 23.9 Å². The number of methoxy groups -OCH3 is 1. The molecular formula is C25H20N2O8. The number of furan rings is 1. The van der Waals surface area contributed by atoms with Crippen LogP contribution in [0.15, 0.2) is 70.8 Å². The van der Waals surface area contributed by atoms with E-state index in [1.165, 1.54) is 37.5 Å². The average molecular weight is 476 g/mol. The van der Waals surface area contributed by atoms with Crippen LogP contribution >= 0.6 is 0 Å². The molecule has 1 aromatic heterocycles. The summed E-state index contributed by atoms with van der Waals surface area (Å²) in [5.74, 6) is -1.63. The van der Waals surface area contributed by atoms with Gasteiger partial charge in [0, 0.05) is 5.56 Å². The zero-order valence-corrected chi connectivity index (χ0v) is 18.5. The maximum Gasteiger partial charge on any atom is 0.373 e. The second-order valence-electron chi connectivity index (χ2n) is 7.47.